The van der Waals surface area contributed by atoms with Crippen molar-refractivity contribution in [2.24, 2.45) is 7.05 Å². The highest BCUT2D eigenvalue weighted by Gasteiger charge is 2.18. The number of aromatic nitrogens is 1. The Hall–Kier alpha value is -2.79. The molecule has 5 nitrogen and oxygen atoms in total. The van der Waals surface area contributed by atoms with Crippen molar-refractivity contribution in [2.75, 3.05) is 6.61 Å². The lowest BCUT2D eigenvalue weighted by Crippen LogP contribution is -2.24. The molecule has 1 aromatic heterocycles. The first-order valence-corrected chi connectivity index (χ1v) is 8.88. The van der Waals surface area contributed by atoms with Gasteiger partial charge >= 0.3 is 5.97 Å². The highest BCUT2D eigenvalue weighted by atomic mass is 35.5. The van der Waals surface area contributed by atoms with E-state index in [1.807, 2.05) is 38.1 Å². The molecule has 0 radical (unpaired) electrons. The first kappa shape index (κ1) is 19.0. The Kier molecular flexibility index (Phi) is 5.24. The highest BCUT2D eigenvalue weighted by molar-refractivity contribution is 6.31. The van der Waals surface area contributed by atoms with Crippen LogP contribution in [0.4, 0.5) is 0 Å². The molecule has 2 aromatic carbocycles. The van der Waals surface area contributed by atoms with Gasteiger partial charge in [-0.2, -0.15) is 0 Å². The van der Waals surface area contributed by atoms with Gasteiger partial charge in [0.2, 0.25) is 0 Å². The van der Waals surface area contributed by atoms with E-state index in [4.69, 9.17) is 21.4 Å². The summed E-state index contributed by atoms with van der Waals surface area (Å²) in [7, 11) is 1.71. The molecule has 3 rings (SSSR count). The monoisotopic (exact) mass is 385 g/mol. The topological polar surface area (TPSA) is 68.5 Å². The van der Waals surface area contributed by atoms with Crippen LogP contribution in [0.15, 0.2) is 41.2 Å². The number of rotatable bonds is 5. The lowest BCUT2D eigenvalue weighted by atomic mass is 9.97. The first-order valence-electron chi connectivity index (χ1n) is 8.50. The fraction of sp³-hybridized carbons (Fsp3) is 0.238. The average Bonchev–Trinajstić information content (AvgIpc) is 2.62. The number of hydrogen-bond acceptors (Lipinski definition) is 3. The number of nitrogens with zero attached hydrogens (tertiary/aromatic N) is 1. The molecule has 0 aliphatic heterocycles. The molecule has 1 heterocycles. The highest BCUT2D eigenvalue weighted by Crippen LogP contribution is 2.32. The lowest BCUT2D eigenvalue weighted by Gasteiger charge is -2.17. The zero-order valence-corrected chi connectivity index (χ0v) is 16.1. The van der Waals surface area contributed by atoms with E-state index < -0.39 is 12.6 Å². The normalized spacial score (nSPS) is 11.0. The van der Waals surface area contributed by atoms with E-state index >= 15 is 0 Å². The third kappa shape index (κ3) is 3.69. The molecule has 0 saturated heterocycles. The van der Waals surface area contributed by atoms with E-state index in [-0.39, 0.29) is 5.56 Å². The molecule has 27 heavy (non-hydrogen) atoms. The van der Waals surface area contributed by atoms with Crippen LogP contribution in [0.2, 0.25) is 5.02 Å². The molecule has 6 heteroatoms. The molecule has 140 valence electrons. The maximum atomic E-state index is 13.0. The molecule has 3 aromatic rings. The van der Waals surface area contributed by atoms with Crippen molar-refractivity contribution in [2.45, 2.75) is 20.3 Å². The van der Waals surface area contributed by atoms with Crippen molar-refractivity contribution in [3.05, 3.63) is 74.0 Å². The summed E-state index contributed by atoms with van der Waals surface area (Å²) >= 11 is 6.27. The number of fused-ring (bicyclic) bond motifs is 1. The Morgan fingerprint density at radius 2 is 1.93 bits per heavy atom. The first-order chi connectivity index (χ1) is 12.8. The Morgan fingerprint density at radius 3 is 2.59 bits per heavy atom. The van der Waals surface area contributed by atoms with Gasteiger partial charge in [-0.15, -0.1) is 0 Å². The average molecular weight is 386 g/mol. The number of carboxylic acid groups (broad SMARTS) is 1. The maximum Gasteiger partial charge on any atom is 0.341 e. The molecule has 0 atom stereocenters. The van der Waals surface area contributed by atoms with E-state index in [2.05, 4.69) is 0 Å². The summed E-state index contributed by atoms with van der Waals surface area (Å²) in [5.41, 5.74) is 3.74. The van der Waals surface area contributed by atoms with Crippen LogP contribution in [-0.4, -0.2) is 22.2 Å². The molecule has 0 aliphatic carbocycles. The second-order valence-corrected chi connectivity index (χ2v) is 6.98. The number of aliphatic carboxylic acids is 1. The van der Waals surface area contributed by atoms with E-state index in [1.165, 1.54) is 0 Å². The molecule has 0 unspecified atom stereocenters. The number of benzene rings is 2. The van der Waals surface area contributed by atoms with Gasteiger partial charge < -0.3 is 14.4 Å². The molecule has 0 saturated carbocycles. The second-order valence-electron chi connectivity index (χ2n) is 6.58. The molecule has 0 fully saturated rings. The van der Waals surface area contributed by atoms with Crippen molar-refractivity contribution < 1.29 is 14.6 Å². The van der Waals surface area contributed by atoms with Gasteiger partial charge in [0.25, 0.3) is 5.56 Å². The van der Waals surface area contributed by atoms with Gasteiger partial charge in [0.05, 0.1) is 5.52 Å². The second kappa shape index (κ2) is 7.45. The largest absolute Gasteiger partial charge is 0.481 e. The molecule has 0 bridgehead atoms. The van der Waals surface area contributed by atoms with Crippen molar-refractivity contribution in [3.63, 3.8) is 0 Å². The van der Waals surface area contributed by atoms with Gasteiger partial charge in [-0.1, -0.05) is 29.8 Å². The SMILES string of the molecule is Cc1cc(OCC(=O)O)c2c(C)c(Cc3ccccc3Cl)c(=O)n(C)c2c1. The smallest absolute Gasteiger partial charge is 0.341 e. The number of hydrogen-bond donors (Lipinski definition) is 1. The number of pyridine rings is 1. The number of carbonyl (C=O) groups is 1. The van der Waals surface area contributed by atoms with Crippen LogP contribution >= 0.6 is 11.6 Å². The van der Waals surface area contributed by atoms with E-state index in [0.717, 1.165) is 22.1 Å². The summed E-state index contributed by atoms with van der Waals surface area (Å²) in [5.74, 6) is -0.593. The summed E-state index contributed by atoms with van der Waals surface area (Å²) < 4.78 is 7.10. The Morgan fingerprint density at radius 1 is 1.22 bits per heavy atom. The summed E-state index contributed by atoms with van der Waals surface area (Å²) in [5, 5.41) is 10.3. The van der Waals surface area contributed by atoms with E-state index in [0.29, 0.717) is 28.3 Å². The Bertz CT molecular complexity index is 1100. The van der Waals surface area contributed by atoms with Gasteiger partial charge in [-0.05, 0) is 48.7 Å². The molecule has 1 N–H and O–H groups in total. The van der Waals surface area contributed by atoms with Crippen molar-refractivity contribution >= 4 is 28.5 Å². The molecular formula is C21H20ClNO4. The molecule has 0 spiro atoms. The van der Waals surface area contributed by atoms with Crippen LogP contribution in [0.25, 0.3) is 10.9 Å². The van der Waals surface area contributed by atoms with Crippen LogP contribution in [0.1, 0.15) is 22.3 Å². The van der Waals surface area contributed by atoms with Crippen LogP contribution < -0.4 is 10.3 Å². The van der Waals surface area contributed by atoms with Crippen molar-refractivity contribution in [1.82, 2.24) is 4.57 Å². The number of aryl methyl sites for hydroxylation is 3. The summed E-state index contributed by atoms with van der Waals surface area (Å²) in [6.45, 7) is 3.30. The minimum atomic E-state index is -1.05. The van der Waals surface area contributed by atoms with Gasteiger partial charge in [-0.25, -0.2) is 4.79 Å². The Balaban J connectivity index is 2.25. The zero-order valence-electron chi connectivity index (χ0n) is 15.4. The van der Waals surface area contributed by atoms with Gasteiger partial charge in [-0.3, -0.25) is 4.79 Å². The molecule has 0 amide bonds. The fourth-order valence-corrected chi connectivity index (χ4v) is 3.50. The van der Waals surface area contributed by atoms with Crippen LogP contribution in [-0.2, 0) is 18.3 Å². The van der Waals surface area contributed by atoms with Crippen molar-refractivity contribution in [3.8, 4) is 5.75 Å². The number of carboxylic acids is 1. The standard InChI is InChI=1S/C21H20ClNO4/c1-12-8-17-20(18(9-12)27-11-19(24)25)13(2)15(21(26)23(17)3)10-14-6-4-5-7-16(14)22/h4-9H,10-11H2,1-3H3,(H,24,25). The minimum absolute atomic E-state index is 0.102. The minimum Gasteiger partial charge on any atom is -0.481 e. The fourth-order valence-electron chi connectivity index (χ4n) is 3.29. The molecular weight excluding hydrogens is 366 g/mol. The number of halogens is 1. The summed E-state index contributed by atoms with van der Waals surface area (Å²) in [6, 6.07) is 11.1. The van der Waals surface area contributed by atoms with Gasteiger partial charge in [0.15, 0.2) is 6.61 Å². The maximum absolute atomic E-state index is 13.0. The quantitative estimate of drug-likeness (QED) is 0.724. The van der Waals surface area contributed by atoms with E-state index in [1.54, 1.807) is 23.7 Å². The number of ether oxygens (including phenoxy) is 1. The predicted molar refractivity (Wildman–Crippen MR) is 106 cm³/mol. The summed E-state index contributed by atoms with van der Waals surface area (Å²) in [4.78, 5) is 23.9. The van der Waals surface area contributed by atoms with Crippen molar-refractivity contribution in [1.29, 1.82) is 0 Å². The van der Waals surface area contributed by atoms with Crippen LogP contribution in [0.3, 0.4) is 0 Å². The Labute approximate surface area is 161 Å². The van der Waals surface area contributed by atoms with Crippen LogP contribution in [0.5, 0.6) is 5.75 Å². The lowest BCUT2D eigenvalue weighted by molar-refractivity contribution is -0.139. The summed E-state index contributed by atoms with van der Waals surface area (Å²) in [6.07, 6.45) is 0.389. The zero-order chi connectivity index (χ0) is 19.7. The van der Waals surface area contributed by atoms with Crippen LogP contribution in [0, 0.1) is 13.8 Å². The molecule has 0 aliphatic rings. The predicted octanol–water partition coefficient (Wildman–Crippen LogP) is 3.86. The third-order valence-electron chi connectivity index (χ3n) is 4.65. The third-order valence-corrected chi connectivity index (χ3v) is 5.02. The van der Waals surface area contributed by atoms with Gasteiger partial charge in [0, 0.05) is 29.4 Å². The van der Waals surface area contributed by atoms with E-state index in [9.17, 15) is 9.59 Å². The van der Waals surface area contributed by atoms with Gasteiger partial charge in [0.1, 0.15) is 5.75 Å².